The van der Waals surface area contributed by atoms with Gasteiger partial charge in [-0.1, -0.05) is 0 Å². The van der Waals surface area contributed by atoms with Gasteiger partial charge in [0, 0.05) is 25.0 Å². The van der Waals surface area contributed by atoms with E-state index in [1.54, 1.807) is 4.68 Å². The van der Waals surface area contributed by atoms with Gasteiger partial charge in [-0.25, -0.2) is 9.67 Å². The molecule has 2 aromatic rings. The molecule has 3 rings (SSSR count). The van der Waals surface area contributed by atoms with Gasteiger partial charge in [0.2, 0.25) is 0 Å². The van der Waals surface area contributed by atoms with E-state index < -0.39 is 36.4 Å². The van der Waals surface area contributed by atoms with Crippen LogP contribution in [0.4, 0.5) is 13.2 Å². The molecule has 0 aliphatic carbocycles. The standard InChI is InChI=1S/C17H17F3N4O3/c1-10-7-11(2)24(22-10)13-4-3-12(8-21-13)14(25)23-6-5-16(9-23,15(26)27)17(18,19)20/h3-4,7-8H,5-6,9H2,1-2H3,(H,26,27). The summed E-state index contributed by atoms with van der Waals surface area (Å²) in [5.41, 5.74) is -1.21. The first-order valence-corrected chi connectivity index (χ1v) is 8.14. The fourth-order valence-corrected chi connectivity index (χ4v) is 3.19. The summed E-state index contributed by atoms with van der Waals surface area (Å²) in [6, 6.07) is 4.83. The fraction of sp³-hybridized carbons (Fsp3) is 0.412. The van der Waals surface area contributed by atoms with Crippen LogP contribution in [0, 0.1) is 19.3 Å². The summed E-state index contributed by atoms with van der Waals surface area (Å²) in [4.78, 5) is 28.8. The number of carbonyl (C=O) groups excluding carboxylic acids is 1. The van der Waals surface area contributed by atoms with Crippen LogP contribution in [0.2, 0.25) is 0 Å². The van der Waals surface area contributed by atoms with Crippen LogP contribution in [0.5, 0.6) is 0 Å². The summed E-state index contributed by atoms with van der Waals surface area (Å²) in [5, 5.41) is 13.3. The smallest absolute Gasteiger partial charge is 0.406 e. The van der Waals surface area contributed by atoms with Crippen LogP contribution in [0.15, 0.2) is 24.4 Å². The van der Waals surface area contributed by atoms with Crippen molar-refractivity contribution in [3.05, 3.63) is 41.3 Å². The number of nitrogens with zero attached hydrogens (tertiary/aromatic N) is 4. The van der Waals surface area contributed by atoms with Gasteiger partial charge >= 0.3 is 12.1 Å². The third kappa shape index (κ3) is 3.15. The minimum absolute atomic E-state index is 0.0867. The Bertz CT molecular complexity index is 892. The number of carboxylic acid groups (broad SMARTS) is 1. The Morgan fingerprint density at radius 1 is 1.26 bits per heavy atom. The highest BCUT2D eigenvalue weighted by molar-refractivity contribution is 5.95. The first kappa shape index (κ1) is 18.9. The van der Waals surface area contributed by atoms with E-state index in [1.807, 2.05) is 19.9 Å². The average Bonchev–Trinajstić information content (AvgIpc) is 3.18. The highest BCUT2D eigenvalue weighted by Gasteiger charge is 2.64. The molecule has 1 unspecified atom stereocenters. The van der Waals surface area contributed by atoms with Gasteiger partial charge in [0.1, 0.15) is 0 Å². The van der Waals surface area contributed by atoms with E-state index in [4.69, 9.17) is 5.11 Å². The normalized spacial score (nSPS) is 20.1. The van der Waals surface area contributed by atoms with E-state index >= 15 is 0 Å². The van der Waals surface area contributed by atoms with Gasteiger partial charge in [0.05, 0.1) is 11.3 Å². The number of carbonyl (C=O) groups is 2. The molecular weight excluding hydrogens is 365 g/mol. The van der Waals surface area contributed by atoms with Crippen molar-refractivity contribution >= 4 is 11.9 Å². The lowest BCUT2D eigenvalue weighted by atomic mass is 9.86. The molecule has 0 bridgehead atoms. The molecule has 0 radical (unpaired) electrons. The fourth-order valence-electron chi connectivity index (χ4n) is 3.19. The molecule has 1 fully saturated rings. The Hall–Kier alpha value is -2.91. The number of hydrogen-bond donors (Lipinski definition) is 1. The number of halogens is 3. The van der Waals surface area contributed by atoms with Crippen LogP contribution in [0.25, 0.3) is 5.82 Å². The number of hydrogen-bond acceptors (Lipinski definition) is 4. The number of aliphatic carboxylic acids is 1. The lowest BCUT2D eigenvalue weighted by Crippen LogP contribution is -2.47. The molecule has 0 aromatic carbocycles. The van der Waals surface area contributed by atoms with Crippen molar-refractivity contribution in [2.75, 3.05) is 13.1 Å². The number of pyridine rings is 1. The maximum atomic E-state index is 13.2. The Labute approximate surface area is 152 Å². The van der Waals surface area contributed by atoms with Crippen LogP contribution >= 0.6 is 0 Å². The quantitative estimate of drug-likeness (QED) is 0.881. The van der Waals surface area contributed by atoms with Gasteiger partial charge in [-0.3, -0.25) is 9.59 Å². The van der Waals surface area contributed by atoms with E-state index in [1.165, 1.54) is 18.3 Å². The molecule has 1 amide bonds. The van der Waals surface area contributed by atoms with Crippen LogP contribution in [-0.4, -0.2) is 55.9 Å². The molecule has 7 nitrogen and oxygen atoms in total. The van der Waals surface area contributed by atoms with E-state index in [0.717, 1.165) is 16.3 Å². The maximum absolute atomic E-state index is 13.2. The summed E-state index contributed by atoms with van der Waals surface area (Å²) >= 11 is 0. The molecule has 27 heavy (non-hydrogen) atoms. The zero-order valence-electron chi connectivity index (χ0n) is 14.6. The minimum atomic E-state index is -4.94. The number of aryl methyl sites for hydroxylation is 2. The largest absolute Gasteiger partial charge is 0.481 e. The lowest BCUT2D eigenvalue weighted by molar-refractivity contribution is -0.227. The molecule has 0 saturated carbocycles. The molecule has 10 heteroatoms. The number of aromatic nitrogens is 3. The Morgan fingerprint density at radius 3 is 2.41 bits per heavy atom. The van der Waals surface area contributed by atoms with Crippen LogP contribution in [-0.2, 0) is 4.79 Å². The molecule has 1 atom stereocenters. The van der Waals surface area contributed by atoms with Crippen molar-refractivity contribution in [1.82, 2.24) is 19.7 Å². The van der Waals surface area contributed by atoms with E-state index in [0.29, 0.717) is 5.82 Å². The molecule has 144 valence electrons. The van der Waals surface area contributed by atoms with Gasteiger partial charge in [-0.2, -0.15) is 18.3 Å². The van der Waals surface area contributed by atoms with Crippen LogP contribution in [0.3, 0.4) is 0 Å². The molecule has 1 aliphatic rings. The van der Waals surface area contributed by atoms with Crippen molar-refractivity contribution < 1.29 is 27.9 Å². The SMILES string of the molecule is Cc1cc(C)n(-c2ccc(C(=O)N3CCC(C(=O)O)(C(F)(F)F)C3)cn2)n1. The molecule has 2 aromatic heterocycles. The highest BCUT2D eigenvalue weighted by Crippen LogP contribution is 2.45. The van der Waals surface area contributed by atoms with Crippen LogP contribution in [0.1, 0.15) is 28.2 Å². The number of rotatable bonds is 3. The van der Waals surface area contributed by atoms with Gasteiger partial charge in [0.15, 0.2) is 11.2 Å². The molecule has 1 N–H and O–H groups in total. The van der Waals surface area contributed by atoms with Crippen molar-refractivity contribution in [2.24, 2.45) is 5.41 Å². The second-order valence-corrected chi connectivity index (χ2v) is 6.61. The second kappa shape index (κ2) is 6.36. The second-order valence-electron chi connectivity index (χ2n) is 6.61. The summed E-state index contributed by atoms with van der Waals surface area (Å²) in [6.45, 7) is 2.46. The lowest BCUT2D eigenvalue weighted by Gasteiger charge is -2.27. The number of alkyl halides is 3. The topological polar surface area (TPSA) is 88.3 Å². The van der Waals surface area contributed by atoms with E-state index in [9.17, 15) is 22.8 Å². The van der Waals surface area contributed by atoms with Crippen LogP contribution < -0.4 is 0 Å². The predicted octanol–water partition coefficient (Wildman–Crippen LogP) is 2.36. The van der Waals surface area contributed by atoms with Gasteiger partial charge in [0.25, 0.3) is 5.91 Å². The summed E-state index contributed by atoms with van der Waals surface area (Å²) in [6.07, 6.45) is -4.36. The van der Waals surface area contributed by atoms with Gasteiger partial charge in [-0.15, -0.1) is 0 Å². The van der Waals surface area contributed by atoms with Crippen molar-refractivity contribution in [1.29, 1.82) is 0 Å². The van der Waals surface area contributed by atoms with Gasteiger partial charge < -0.3 is 10.0 Å². The highest BCUT2D eigenvalue weighted by atomic mass is 19.4. The number of carboxylic acids is 1. The first-order valence-electron chi connectivity index (χ1n) is 8.14. The Balaban J connectivity index is 1.81. The summed E-state index contributed by atoms with van der Waals surface area (Å²) < 4.78 is 41.3. The summed E-state index contributed by atoms with van der Waals surface area (Å²) in [7, 11) is 0. The maximum Gasteiger partial charge on any atom is 0.406 e. The van der Waals surface area contributed by atoms with Crippen molar-refractivity contribution in [2.45, 2.75) is 26.4 Å². The third-order valence-corrected chi connectivity index (χ3v) is 4.73. The summed E-state index contributed by atoms with van der Waals surface area (Å²) in [5.74, 6) is -2.19. The van der Waals surface area contributed by atoms with Crippen molar-refractivity contribution in [3.63, 3.8) is 0 Å². The molecular formula is C17H17F3N4O3. The number of likely N-dealkylation sites (tertiary alicyclic amines) is 1. The zero-order valence-corrected chi connectivity index (χ0v) is 14.6. The average molecular weight is 382 g/mol. The van der Waals surface area contributed by atoms with Gasteiger partial charge in [-0.05, 0) is 38.5 Å². The molecule has 3 heterocycles. The zero-order chi connectivity index (χ0) is 20.0. The monoisotopic (exact) mass is 382 g/mol. The van der Waals surface area contributed by atoms with E-state index in [2.05, 4.69) is 10.1 Å². The molecule has 0 spiro atoms. The first-order chi connectivity index (χ1) is 12.5. The molecule has 1 saturated heterocycles. The number of amides is 1. The van der Waals surface area contributed by atoms with E-state index in [-0.39, 0.29) is 12.1 Å². The Kier molecular flexibility index (Phi) is 4.44. The van der Waals surface area contributed by atoms with Crippen molar-refractivity contribution in [3.8, 4) is 5.82 Å². The third-order valence-electron chi connectivity index (χ3n) is 4.73. The predicted molar refractivity (Wildman–Crippen MR) is 87.5 cm³/mol. The molecule has 1 aliphatic heterocycles. The minimum Gasteiger partial charge on any atom is -0.481 e. The Morgan fingerprint density at radius 2 is 1.96 bits per heavy atom.